The van der Waals surface area contributed by atoms with E-state index in [-0.39, 0.29) is 41.4 Å². The molecule has 1 saturated carbocycles. The third kappa shape index (κ3) is 3.66. The molecule has 1 aliphatic carbocycles. The molecule has 9 nitrogen and oxygen atoms in total. The van der Waals surface area contributed by atoms with E-state index in [2.05, 4.69) is 26.1 Å². The Labute approximate surface area is 201 Å². The van der Waals surface area contributed by atoms with Crippen LogP contribution in [0.5, 0.6) is 0 Å². The summed E-state index contributed by atoms with van der Waals surface area (Å²) < 4.78 is 0. The average molecular weight is 478 g/mol. The fourth-order valence-corrected chi connectivity index (χ4v) is 6.96. The van der Waals surface area contributed by atoms with Crippen LogP contribution in [0.3, 0.4) is 0 Å². The zero-order valence-corrected chi connectivity index (χ0v) is 19.4. The molecular weight excluding hydrogens is 450 g/mol. The number of nitrogens with two attached hydrogens (primary N) is 1. The summed E-state index contributed by atoms with van der Waals surface area (Å²) in [6.45, 7) is 0.766. The lowest BCUT2D eigenvalue weighted by Crippen LogP contribution is -2.62. The summed E-state index contributed by atoms with van der Waals surface area (Å²) in [7, 11) is 0. The van der Waals surface area contributed by atoms with Gasteiger partial charge in [0.05, 0.1) is 33.9 Å². The van der Waals surface area contributed by atoms with Crippen molar-refractivity contribution in [3.8, 4) is 11.3 Å². The van der Waals surface area contributed by atoms with Gasteiger partial charge in [-0.15, -0.1) is 0 Å². The topological polar surface area (TPSA) is 125 Å². The van der Waals surface area contributed by atoms with E-state index in [0.29, 0.717) is 16.3 Å². The number of aromatic nitrogens is 2. The van der Waals surface area contributed by atoms with Gasteiger partial charge in [0, 0.05) is 29.3 Å². The largest absolute Gasteiger partial charge is 0.347 e. The second kappa shape index (κ2) is 8.68. The molecule has 4 heterocycles. The fraction of sp³-hybridized carbons (Fsp3) is 0.417. The molecule has 0 radical (unpaired) electrons. The first kappa shape index (κ1) is 21.6. The van der Waals surface area contributed by atoms with Gasteiger partial charge in [-0.1, -0.05) is 42.1 Å². The fourth-order valence-electron chi connectivity index (χ4n) is 5.56. The van der Waals surface area contributed by atoms with Gasteiger partial charge in [0.1, 0.15) is 0 Å². The molecule has 3 amide bonds. The van der Waals surface area contributed by atoms with E-state index in [4.69, 9.17) is 5.73 Å². The molecule has 3 unspecified atom stereocenters. The Balaban J connectivity index is 1.31. The normalized spacial score (nSPS) is 30.2. The second-order valence-corrected chi connectivity index (χ2v) is 10.4. The molecule has 2 saturated heterocycles. The molecule has 3 aliphatic heterocycles. The monoisotopic (exact) mass is 477 g/mol. The van der Waals surface area contributed by atoms with Crippen molar-refractivity contribution in [3.05, 3.63) is 53.2 Å². The van der Waals surface area contributed by atoms with Crippen molar-refractivity contribution in [1.29, 1.82) is 0 Å². The van der Waals surface area contributed by atoms with Gasteiger partial charge in [-0.05, 0) is 38.3 Å². The molecule has 1 aromatic carbocycles. The van der Waals surface area contributed by atoms with Crippen molar-refractivity contribution < 1.29 is 9.59 Å². The third-order valence-electron chi connectivity index (χ3n) is 7.22. The number of urea groups is 1. The number of hydrogen-bond donors (Lipinski definition) is 4. The Hall–Kier alpha value is -2.95. The van der Waals surface area contributed by atoms with E-state index in [1.54, 1.807) is 11.1 Å². The molecule has 0 bridgehead atoms. The van der Waals surface area contributed by atoms with Crippen LogP contribution in [0.25, 0.3) is 11.3 Å². The predicted molar refractivity (Wildman–Crippen MR) is 131 cm³/mol. The first-order chi connectivity index (χ1) is 16.6. The maximum absolute atomic E-state index is 13.4. The number of anilines is 1. The van der Waals surface area contributed by atoms with E-state index in [1.165, 1.54) is 11.8 Å². The molecule has 2 aromatic rings. The second-order valence-electron chi connectivity index (χ2n) is 9.26. The lowest BCUT2D eigenvalue weighted by Gasteiger charge is -2.45. The van der Waals surface area contributed by atoms with Crippen LogP contribution in [0.15, 0.2) is 53.2 Å². The highest BCUT2D eigenvalue weighted by atomic mass is 32.2. The van der Waals surface area contributed by atoms with Crippen molar-refractivity contribution in [2.24, 2.45) is 11.7 Å². The van der Waals surface area contributed by atoms with Crippen molar-refractivity contribution in [2.45, 2.75) is 49.2 Å². The summed E-state index contributed by atoms with van der Waals surface area (Å²) in [5.41, 5.74) is 9.25. The quantitative estimate of drug-likeness (QED) is 0.530. The summed E-state index contributed by atoms with van der Waals surface area (Å²) in [6.07, 6.45) is 5.26. The van der Waals surface area contributed by atoms with Gasteiger partial charge in [0.25, 0.3) is 5.91 Å². The van der Waals surface area contributed by atoms with Gasteiger partial charge >= 0.3 is 6.03 Å². The first-order valence-corrected chi connectivity index (χ1v) is 12.7. The predicted octanol–water partition coefficient (Wildman–Crippen LogP) is 1.93. The maximum Gasteiger partial charge on any atom is 0.326 e. The van der Waals surface area contributed by atoms with Gasteiger partial charge in [0.2, 0.25) is 0 Å². The molecule has 5 N–H and O–H groups in total. The number of nitrogens with one attached hydrogen (secondary N) is 3. The number of hydrogen-bond acceptors (Lipinski definition) is 7. The highest BCUT2D eigenvalue weighted by Crippen LogP contribution is 2.48. The Morgan fingerprint density at radius 2 is 2.06 bits per heavy atom. The van der Waals surface area contributed by atoms with Crippen LogP contribution < -0.4 is 26.6 Å². The number of amides is 3. The number of benzene rings is 1. The molecule has 1 aromatic heterocycles. The first-order valence-electron chi connectivity index (χ1n) is 11.8. The minimum atomic E-state index is -0.241. The molecule has 3 fully saturated rings. The van der Waals surface area contributed by atoms with Crippen LogP contribution in [-0.4, -0.2) is 52.2 Å². The zero-order valence-electron chi connectivity index (χ0n) is 18.6. The number of carbonyl (C=O) groups is 2. The van der Waals surface area contributed by atoms with Crippen LogP contribution in [0.2, 0.25) is 0 Å². The number of rotatable bonds is 4. The van der Waals surface area contributed by atoms with Crippen molar-refractivity contribution >= 4 is 29.4 Å². The molecular formula is C24H27N7O2S. The summed E-state index contributed by atoms with van der Waals surface area (Å²) >= 11 is 1.51. The molecule has 0 spiro atoms. The van der Waals surface area contributed by atoms with Crippen molar-refractivity contribution in [3.63, 3.8) is 0 Å². The molecule has 4 aliphatic rings. The van der Waals surface area contributed by atoms with Crippen LogP contribution >= 0.6 is 11.8 Å². The van der Waals surface area contributed by atoms with Gasteiger partial charge < -0.3 is 21.7 Å². The average Bonchev–Trinajstić information content (AvgIpc) is 3.44. The number of carbonyl (C=O) groups excluding carboxylic acids is 2. The van der Waals surface area contributed by atoms with Crippen LogP contribution in [0.1, 0.15) is 25.7 Å². The molecule has 6 rings (SSSR count). The Bertz CT molecular complexity index is 1160. The Kier molecular flexibility index (Phi) is 5.51. The molecule has 10 heteroatoms. The van der Waals surface area contributed by atoms with Crippen molar-refractivity contribution in [2.75, 3.05) is 11.4 Å². The van der Waals surface area contributed by atoms with E-state index in [0.717, 1.165) is 43.5 Å². The summed E-state index contributed by atoms with van der Waals surface area (Å²) in [5.74, 6) is -0.147. The van der Waals surface area contributed by atoms with E-state index in [9.17, 15) is 9.59 Å². The van der Waals surface area contributed by atoms with Crippen molar-refractivity contribution in [1.82, 2.24) is 26.1 Å². The summed E-state index contributed by atoms with van der Waals surface area (Å²) in [6, 6.07) is 11.4. The number of nitrogens with zero attached hydrogens (tertiary/aromatic N) is 3. The summed E-state index contributed by atoms with van der Waals surface area (Å²) in [4.78, 5) is 29.0. The standard InChI is InChI=1S/C24H27N7O2S/c25-15-7-4-8-16(15)28-22(32)21-20-19-18(9-10-26-23(19)34-21)31(24(33)29-20)14-11-17(30-27-12-14)13-5-2-1-3-6-13/h1-3,5-6,11-12,15-16,18-19,23,26H,4,7-10,25H2,(H,28,32)(H,29,33)/t15-,16+,18?,19?,23?/m0/s1. The number of thioether (sulfide) groups is 1. The van der Waals surface area contributed by atoms with Crippen LogP contribution in [0.4, 0.5) is 10.5 Å². The van der Waals surface area contributed by atoms with E-state index >= 15 is 0 Å². The zero-order chi connectivity index (χ0) is 23.2. The Morgan fingerprint density at radius 1 is 1.21 bits per heavy atom. The van der Waals surface area contributed by atoms with Gasteiger partial charge in [-0.3, -0.25) is 9.69 Å². The van der Waals surface area contributed by atoms with Crippen LogP contribution in [0, 0.1) is 5.92 Å². The van der Waals surface area contributed by atoms with E-state index < -0.39 is 0 Å². The lowest BCUT2D eigenvalue weighted by atomic mass is 9.86. The number of piperidine rings is 1. The lowest BCUT2D eigenvalue weighted by molar-refractivity contribution is -0.117. The Morgan fingerprint density at radius 3 is 2.85 bits per heavy atom. The highest BCUT2D eigenvalue weighted by molar-refractivity contribution is 8.04. The van der Waals surface area contributed by atoms with Crippen LogP contribution in [-0.2, 0) is 4.79 Å². The highest BCUT2D eigenvalue weighted by Gasteiger charge is 2.52. The summed E-state index contributed by atoms with van der Waals surface area (Å²) in [5, 5.41) is 18.2. The third-order valence-corrected chi connectivity index (χ3v) is 8.58. The SMILES string of the molecule is N[C@H]1CCC[C@H]1NC(=O)C1=C2NC(=O)N(c3cnnc(-c4ccccc4)c3)C3CCNC(S1)C23. The molecule has 34 heavy (non-hydrogen) atoms. The minimum Gasteiger partial charge on any atom is -0.347 e. The molecule has 176 valence electrons. The smallest absolute Gasteiger partial charge is 0.326 e. The molecule has 5 atom stereocenters. The minimum absolute atomic E-state index is 0.0106. The van der Waals surface area contributed by atoms with Gasteiger partial charge in [-0.2, -0.15) is 10.2 Å². The van der Waals surface area contributed by atoms with Gasteiger partial charge in [-0.25, -0.2) is 4.79 Å². The van der Waals surface area contributed by atoms with Gasteiger partial charge in [0.15, 0.2) is 0 Å². The van der Waals surface area contributed by atoms with E-state index in [1.807, 2.05) is 36.4 Å². The maximum atomic E-state index is 13.4.